The van der Waals surface area contributed by atoms with Crippen LogP contribution in [0, 0.1) is 0 Å². The summed E-state index contributed by atoms with van der Waals surface area (Å²) >= 11 is 0. The number of nitrogens with zero attached hydrogens (tertiary/aromatic N) is 2. The van der Waals surface area contributed by atoms with Crippen molar-refractivity contribution in [2.45, 2.75) is 38.6 Å². The van der Waals surface area contributed by atoms with Crippen LogP contribution in [-0.2, 0) is 19.3 Å². The molecule has 1 heterocycles. The molecule has 1 unspecified atom stereocenters. The smallest absolute Gasteiger partial charge is 0.226 e. The second-order valence-corrected chi connectivity index (χ2v) is 4.61. The number of aromatic nitrogens is 2. The van der Waals surface area contributed by atoms with Crippen LogP contribution in [0.15, 0.2) is 34.9 Å². The third kappa shape index (κ3) is 3.96. The summed E-state index contributed by atoms with van der Waals surface area (Å²) in [4.78, 5) is 4.36. The monoisotopic (exact) mass is 245 g/mol. The van der Waals surface area contributed by atoms with E-state index >= 15 is 0 Å². The molecule has 0 fully saturated rings. The minimum absolute atomic E-state index is 0.171. The van der Waals surface area contributed by atoms with E-state index in [-0.39, 0.29) is 6.04 Å². The fraction of sp³-hybridized carbons (Fsp3) is 0.429. The van der Waals surface area contributed by atoms with Gasteiger partial charge in [-0.25, -0.2) is 0 Å². The number of rotatable bonds is 6. The first kappa shape index (κ1) is 12.8. The first-order chi connectivity index (χ1) is 8.74. The topological polar surface area (TPSA) is 64.9 Å². The molecule has 2 aromatic rings. The second-order valence-electron chi connectivity index (χ2n) is 4.61. The van der Waals surface area contributed by atoms with Crippen LogP contribution in [0.4, 0.5) is 0 Å². The minimum Gasteiger partial charge on any atom is -0.339 e. The number of hydrogen-bond acceptors (Lipinski definition) is 4. The zero-order valence-electron chi connectivity index (χ0n) is 10.7. The van der Waals surface area contributed by atoms with E-state index in [0.717, 1.165) is 31.5 Å². The lowest BCUT2D eigenvalue weighted by Gasteiger charge is -1.99. The molecule has 0 aliphatic heterocycles. The van der Waals surface area contributed by atoms with Crippen LogP contribution >= 0.6 is 0 Å². The fourth-order valence-electron chi connectivity index (χ4n) is 1.75. The predicted octanol–water partition coefficient (Wildman–Crippen LogP) is 2.13. The molecule has 4 heteroatoms. The first-order valence-electron chi connectivity index (χ1n) is 6.35. The van der Waals surface area contributed by atoms with Crippen molar-refractivity contribution in [1.29, 1.82) is 0 Å². The van der Waals surface area contributed by atoms with Crippen LogP contribution in [0.3, 0.4) is 0 Å². The van der Waals surface area contributed by atoms with Gasteiger partial charge in [-0.05, 0) is 25.3 Å². The molecule has 0 aliphatic carbocycles. The van der Waals surface area contributed by atoms with E-state index in [2.05, 4.69) is 22.3 Å². The number of aryl methyl sites for hydroxylation is 3. The Morgan fingerprint density at radius 3 is 2.67 bits per heavy atom. The Hall–Kier alpha value is -1.68. The maximum absolute atomic E-state index is 5.69. The van der Waals surface area contributed by atoms with Gasteiger partial charge < -0.3 is 10.3 Å². The quantitative estimate of drug-likeness (QED) is 0.846. The highest BCUT2D eigenvalue weighted by Gasteiger charge is 2.07. The molecule has 0 bridgehead atoms. The van der Waals surface area contributed by atoms with E-state index in [1.165, 1.54) is 5.56 Å². The van der Waals surface area contributed by atoms with Crippen molar-refractivity contribution in [3.63, 3.8) is 0 Å². The Labute approximate surface area is 107 Å². The highest BCUT2D eigenvalue weighted by Crippen LogP contribution is 2.06. The average molecular weight is 245 g/mol. The molecule has 0 saturated carbocycles. The van der Waals surface area contributed by atoms with Gasteiger partial charge >= 0.3 is 0 Å². The van der Waals surface area contributed by atoms with Gasteiger partial charge in [0.1, 0.15) is 0 Å². The Kier molecular flexibility index (Phi) is 4.47. The first-order valence-corrected chi connectivity index (χ1v) is 6.35. The van der Waals surface area contributed by atoms with Crippen LogP contribution in [0.5, 0.6) is 0 Å². The van der Waals surface area contributed by atoms with Crippen LogP contribution < -0.4 is 5.73 Å². The van der Waals surface area contributed by atoms with E-state index < -0.39 is 0 Å². The molecule has 2 rings (SSSR count). The zero-order valence-corrected chi connectivity index (χ0v) is 10.7. The van der Waals surface area contributed by atoms with Gasteiger partial charge in [-0.15, -0.1) is 0 Å². The number of benzene rings is 1. The molecule has 0 amide bonds. The third-order valence-corrected chi connectivity index (χ3v) is 2.80. The maximum Gasteiger partial charge on any atom is 0.226 e. The largest absolute Gasteiger partial charge is 0.339 e. The van der Waals surface area contributed by atoms with Gasteiger partial charge in [0.2, 0.25) is 5.89 Å². The summed E-state index contributed by atoms with van der Waals surface area (Å²) in [6.07, 6.45) is 3.38. The lowest BCUT2D eigenvalue weighted by atomic mass is 10.1. The summed E-state index contributed by atoms with van der Waals surface area (Å²) in [6.45, 7) is 1.98. The third-order valence-electron chi connectivity index (χ3n) is 2.80. The second kappa shape index (κ2) is 6.31. The summed E-state index contributed by atoms with van der Waals surface area (Å²) in [6, 6.07) is 10.5. The maximum atomic E-state index is 5.69. The van der Waals surface area contributed by atoms with Crippen molar-refractivity contribution < 1.29 is 4.52 Å². The molecule has 18 heavy (non-hydrogen) atoms. The van der Waals surface area contributed by atoms with Gasteiger partial charge in [-0.2, -0.15) is 4.98 Å². The Morgan fingerprint density at radius 2 is 1.94 bits per heavy atom. The molecule has 0 saturated heterocycles. The van der Waals surface area contributed by atoms with Crippen molar-refractivity contribution in [2.75, 3.05) is 0 Å². The molecule has 0 radical (unpaired) electrons. The predicted molar refractivity (Wildman–Crippen MR) is 70.1 cm³/mol. The summed E-state index contributed by atoms with van der Waals surface area (Å²) in [7, 11) is 0. The normalized spacial score (nSPS) is 12.6. The summed E-state index contributed by atoms with van der Waals surface area (Å²) in [5, 5.41) is 3.98. The van der Waals surface area contributed by atoms with Crippen molar-refractivity contribution in [2.24, 2.45) is 5.73 Å². The molecule has 1 aromatic carbocycles. The Balaban J connectivity index is 1.83. The van der Waals surface area contributed by atoms with Gasteiger partial charge in [-0.3, -0.25) is 0 Å². The van der Waals surface area contributed by atoms with E-state index in [0.29, 0.717) is 5.89 Å². The molecule has 1 atom stereocenters. The van der Waals surface area contributed by atoms with Crippen molar-refractivity contribution in [1.82, 2.24) is 10.1 Å². The van der Waals surface area contributed by atoms with E-state index in [1.54, 1.807) is 0 Å². The van der Waals surface area contributed by atoms with E-state index in [1.807, 2.05) is 25.1 Å². The Morgan fingerprint density at radius 1 is 1.17 bits per heavy atom. The van der Waals surface area contributed by atoms with Gasteiger partial charge in [0.25, 0.3) is 0 Å². The van der Waals surface area contributed by atoms with Crippen molar-refractivity contribution >= 4 is 0 Å². The van der Waals surface area contributed by atoms with E-state index in [4.69, 9.17) is 10.3 Å². The fourth-order valence-corrected chi connectivity index (χ4v) is 1.75. The van der Waals surface area contributed by atoms with Crippen LogP contribution in [0.2, 0.25) is 0 Å². The SMILES string of the molecule is CC(N)CCc1nc(CCc2ccccc2)no1. The molecular formula is C14H19N3O. The summed E-state index contributed by atoms with van der Waals surface area (Å²) in [5.41, 5.74) is 6.98. The number of hydrogen-bond donors (Lipinski definition) is 1. The lowest BCUT2D eigenvalue weighted by molar-refractivity contribution is 0.367. The van der Waals surface area contributed by atoms with Gasteiger partial charge in [0.15, 0.2) is 5.82 Å². The highest BCUT2D eigenvalue weighted by molar-refractivity contribution is 5.15. The van der Waals surface area contributed by atoms with Crippen LogP contribution in [-0.4, -0.2) is 16.2 Å². The molecule has 2 N–H and O–H groups in total. The lowest BCUT2D eigenvalue weighted by Crippen LogP contribution is -2.15. The van der Waals surface area contributed by atoms with Gasteiger partial charge in [0.05, 0.1) is 0 Å². The standard InChI is InChI=1S/C14H19N3O/c1-11(15)7-10-14-16-13(17-18-14)9-8-12-5-3-2-4-6-12/h2-6,11H,7-10,15H2,1H3. The highest BCUT2D eigenvalue weighted by atomic mass is 16.5. The molecule has 0 aliphatic rings. The Bertz CT molecular complexity index is 465. The minimum atomic E-state index is 0.171. The van der Waals surface area contributed by atoms with Crippen molar-refractivity contribution in [3.05, 3.63) is 47.6 Å². The van der Waals surface area contributed by atoms with Crippen molar-refractivity contribution in [3.8, 4) is 0 Å². The van der Waals surface area contributed by atoms with Crippen LogP contribution in [0.1, 0.15) is 30.6 Å². The summed E-state index contributed by atoms with van der Waals surface area (Å²) < 4.78 is 5.19. The molecular weight excluding hydrogens is 226 g/mol. The van der Waals surface area contributed by atoms with Gasteiger partial charge in [-0.1, -0.05) is 35.5 Å². The van der Waals surface area contributed by atoms with Gasteiger partial charge in [0, 0.05) is 18.9 Å². The molecule has 4 nitrogen and oxygen atoms in total. The summed E-state index contributed by atoms with van der Waals surface area (Å²) in [5.74, 6) is 1.47. The van der Waals surface area contributed by atoms with E-state index in [9.17, 15) is 0 Å². The average Bonchev–Trinajstić information content (AvgIpc) is 2.83. The molecule has 96 valence electrons. The zero-order chi connectivity index (χ0) is 12.8. The molecule has 1 aromatic heterocycles. The molecule has 0 spiro atoms. The van der Waals surface area contributed by atoms with Crippen LogP contribution in [0.25, 0.3) is 0 Å². The number of nitrogens with two attached hydrogens (primary N) is 1.